The van der Waals surface area contributed by atoms with E-state index in [1.807, 2.05) is 0 Å². The van der Waals surface area contributed by atoms with E-state index in [1.54, 1.807) is 6.07 Å². The van der Waals surface area contributed by atoms with E-state index in [1.165, 1.54) is 30.5 Å². The van der Waals surface area contributed by atoms with Crippen LogP contribution in [0.15, 0.2) is 41.6 Å². The molecule has 20 heavy (non-hydrogen) atoms. The zero-order valence-corrected chi connectivity index (χ0v) is 12.3. The fourth-order valence-corrected chi connectivity index (χ4v) is 2.93. The average molecular weight is 333 g/mol. The first-order chi connectivity index (χ1) is 9.44. The fraction of sp³-hybridized carbons (Fsp3) is 0. The molecule has 0 aliphatic rings. The zero-order chi connectivity index (χ0) is 14.8. The standard InChI is InChI=1S/C11H10Cl2N4O2S/c12-8-4-3-7(6-9(8)13)17-20(18,19)11-10(16-14)2-1-5-15-11/h1-6,16-17H,14H2. The van der Waals surface area contributed by atoms with Crippen molar-refractivity contribution in [3.63, 3.8) is 0 Å². The monoisotopic (exact) mass is 332 g/mol. The molecule has 9 heteroatoms. The minimum atomic E-state index is -3.89. The van der Waals surface area contributed by atoms with Crippen molar-refractivity contribution in [3.8, 4) is 0 Å². The Morgan fingerprint density at radius 1 is 1.15 bits per heavy atom. The summed E-state index contributed by atoms with van der Waals surface area (Å²) in [5.74, 6) is 5.26. The largest absolute Gasteiger partial charge is 0.321 e. The predicted molar refractivity (Wildman–Crippen MR) is 79.3 cm³/mol. The Hall–Kier alpha value is -1.54. The molecule has 0 aliphatic carbocycles. The van der Waals surface area contributed by atoms with E-state index in [2.05, 4.69) is 15.1 Å². The first kappa shape index (κ1) is 14.9. The maximum atomic E-state index is 12.2. The summed E-state index contributed by atoms with van der Waals surface area (Å²) in [5.41, 5.74) is 2.73. The number of hydrazine groups is 1. The van der Waals surface area contributed by atoms with Crippen molar-refractivity contribution < 1.29 is 8.42 Å². The third kappa shape index (κ3) is 3.13. The van der Waals surface area contributed by atoms with Gasteiger partial charge in [-0.15, -0.1) is 0 Å². The van der Waals surface area contributed by atoms with Crippen LogP contribution < -0.4 is 16.0 Å². The molecule has 4 N–H and O–H groups in total. The van der Waals surface area contributed by atoms with Crippen molar-refractivity contribution in [2.24, 2.45) is 5.84 Å². The third-order valence-electron chi connectivity index (χ3n) is 2.35. The summed E-state index contributed by atoms with van der Waals surface area (Å²) in [6, 6.07) is 7.44. The van der Waals surface area contributed by atoms with E-state index < -0.39 is 10.0 Å². The maximum Gasteiger partial charge on any atom is 0.281 e. The molecule has 106 valence electrons. The summed E-state index contributed by atoms with van der Waals surface area (Å²) in [6.07, 6.45) is 1.35. The number of hydrogen-bond acceptors (Lipinski definition) is 5. The lowest BCUT2D eigenvalue weighted by atomic mass is 10.3. The number of nitrogens with two attached hydrogens (primary N) is 1. The maximum absolute atomic E-state index is 12.2. The molecule has 0 amide bonds. The number of nitrogens with zero attached hydrogens (tertiary/aromatic N) is 1. The quantitative estimate of drug-likeness (QED) is 0.590. The molecular weight excluding hydrogens is 323 g/mol. The molecular formula is C11H10Cl2N4O2S. The number of aromatic nitrogens is 1. The highest BCUT2D eigenvalue weighted by molar-refractivity contribution is 7.92. The molecule has 2 rings (SSSR count). The number of pyridine rings is 1. The molecule has 0 spiro atoms. The van der Waals surface area contributed by atoms with Crippen molar-refractivity contribution in [3.05, 3.63) is 46.6 Å². The van der Waals surface area contributed by atoms with Crippen LogP contribution in [0.2, 0.25) is 10.0 Å². The van der Waals surface area contributed by atoms with Crippen molar-refractivity contribution in [2.75, 3.05) is 10.1 Å². The molecule has 0 saturated heterocycles. The fourth-order valence-electron chi connectivity index (χ4n) is 1.48. The lowest BCUT2D eigenvalue weighted by Gasteiger charge is -2.11. The predicted octanol–water partition coefficient (Wildman–Crippen LogP) is 2.47. The zero-order valence-electron chi connectivity index (χ0n) is 9.97. The second-order valence-electron chi connectivity index (χ2n) is 3.73. The number of anilines is 2. The Kier molecular flexibility index (Phi) is 4.34. The molecule has 1 aromatic heterocycles. The summed E-state index contributed by atoms with van der Waals surface area (Å²) in [4.78, 5) is 3.81. The van der Waals surface area contributed by atoms with Gasteiger partial charge in [-0.1, -0.05) is 23.2 Å². The first-order valence-corrected chi connectivity index (χ1v) is 7.57. The van der Waals surface area contributed by atoms with Crippen molar-refractivity contribution >= 4 is 44.6 Å². The molecule has 0 radical (unpaired) electrons. The van der Waals surface area contributed by atoms with Gasteiger partial charge < -0.3 is 5.43 Å². The Morgan fingerprint density at radius 3 is 2.55 bits per heavy atom. The summed E-state index contributed by atoms with van der Waals surface area (Å²) >= 11 is 11.6. The molecule has 1 aromatic carbocycles. The van der Waals surface area contributed by atoms with Crippen molar-refractivity contribution in [1.82, 2.24) is 4.98 Å². The van der Waals surface area contributed by atoms with Crippen LogP contribution >= 0.6 is 23.2 Å². The van der Waals surface area contributed by atoms with Gasteiger partial charge in [0.15, 0.2) is 0 Å². The van der Waals surface area contributed by atoms with Crippen LogP contribution in [0.3, 0.4) is 0 Å². The lowest BCUT2D eigenvalue weighted by Crippen LogP contribution is -2.18. The van der Waals surface area contributed by atoms with E-state index in [4.69, 9.17) is 29.0 Å². The van der Waals surface area contributed by atoms with Crippen LogP contribution in [0.1, 0.15) is 0 Å². The van der Waals surface area contributed by atoms with Gasteiger partial charge in [-0.05, 0) is 30.3 Å². The number of halogens is 2. The molecule has 0 bridgehead atoms. The lowest BCUT2D eigenvalue weighted by molar-refractivity contribution is 0.598. The molecule has 0 aliphatic heterocycles. The number of benzene rings is 1. The summed E-state index contributed by atoms with van der Waals surface area (Å²) in [7, 11) is -3.89. The van der Waals surface area contributed by atoms with Crippen LogP contribution in [-0.2, 0) is 10.0 Å². The number of sulfonamides is 1. The van der Waals surface area contributed by atoms with Gasteiger partial charge in [-0.25, -0.2) is 4.98 Å². The van der Waals surface area contributed by atoms with E-state index in [9.17, 15) is 8.42 Å². The smallest absolute Gasteiger partial charge is 0.281 e. The second kappa shape index (κ2) is 5.84. The summed E-state index contributed by atoms with van der Waals surface area (Å²) in [5, 5.41) is 0.357. The number of rotatable bonds is 4. The van der Waals surface area contributed by atoms with Crippen LogP contribution in [0.4, 0.5) is 11.4 Å². The first-order valence-electron chi connectivity index (χ1n) is 5.33. The normalized spacial score (nSPS) is 11.2. The summed E-state index contributed by atoms with van der Waals surface area (Å²) < 4.78 is 26.8. The van der Waals surface area contributed by atoms with Gasteiger partial charge in [0.2, 0.25) is 5.03 Å². The Bertz CT molecular complexity index is 737. The Labute approximate surface area is 125 Å². The minimum Gasteiger partial charge on any atom is -0.321 e. The van der Waals surface area contributed by atoms with Gasteiger partial charge in [-0.3, -0.25) is 10.6 Å². The van der Waals surface area contributed by atoms with E-state index in [-0.39, 0.29) is 21.4 Å². The molecule has 2 aromatic rings. The van der Waals surface area contributed by atoms with Gasteiger partial charge in [0, 0.05) is 6.20 Å². The van der Waals surface area contributed by atoms with Gasteiger partial charge in [-0.2, -0.15) is 8.42 Å². The Balaban J connectivity index is 2.38. The highest BCUT2D eigenvalue weighted by atomic mass is 35.5. The number of hydrogen-bond donors (Lipinski definition) is 3. The van der Waals surface area contributed by atoms with Crippen LogP contribution in [0.25, 0.3) is 0 Å². The van der Waals surface area contributed by atoms with Gasteiger partial charge in [0.1, 0.15) is 0 Å². The van der Waals surface area contributed by atoms with Crippen LogP contribution in [0, 0.1) is 0 Å². The van der Waals surface area contributed by atoms with Gasteiger partial charge >= 0.3 is 0 Å². The summed E-state index contributed by atoms with van der Waals surface area (Å²) in [6.45, 7) is 0. The van der Waals surface area contributed by atoms with Gasteiger partial charge in [0.25, 0.3) is 10.0 Å². The number of nitrogens with one attached hydrogen (secondary N) is 2. The second-order valence-corrected chi connectivity index (χ2v) is 6.15. The third-order valence-corrected chi connectivity index (χ3v) is 4.43. The molecule has 6 nitrogen and oxygen atoms in total. The SMILES string of the molecule is NNc1cccnc1S(=O)(=O)Nc1ccc(Cl)c(Cl)c1. The molecule has 1 heterocycles. The van der Waals surface area contributed by atoms with Crippen LogP contribution in [-0.4, -0.2) is 13.4 Å². The van der Waals surface area contributed by atoms with Crippen LogP contribution in [0.5, 0.6) is 0 Å². The molecule has 0 fully saturated rings. The topological polar surface area (TPSA) is 97.1 Å². The van der Waals surface area contributed by atoms with Crippen molar-refractivity contribution in [1.29, 1.82) is 0 Å². The molecule has 0 saturated carbocycles. The number of nitrogen functional groups attached to an aromatic ring is 1. The van der Waals surface area contributed by atoms with Gasteiger partial charge in [0.05, 0.1) is 21.4 Å². The van der Waals surface area contributed by atoms with E-state index >= 15 is 0 Å². The highest BCUT2D eigenvalue weighted by Crippen LogP contribution is 2.27. The van der Waals surface area contributed by atoms with E-state index in [0.29, 0.717) is 5.02 Å². The molecule has 0 unspecified atom stereocenters. The Morgan fingerprint density at radius 2 is 1.90 bits per heavy atom. The average Bonchev–Trinajstić information content (AvgIpc) is 2.42. The highest BCUT2D eigenvalue weighted by Gasteiger charge is 2.20. The van der Waals surface area contributed by atoms with Crippen molar-refractivity contribution in [2.45, 2.75) is 5.03 Å². The minimum absolute atomic E-state index is 0.181. The molecule has 0 atom stereocenters. The van der Waals surface area contributed by atoms with E-state index in [0.717, 1.165) is 0 Å².